The Bertz CT molecular complexity index is 417. The molecule has 4 nitrogen and oxygen atoms in total. The Morgan fingerprint density at radius 1 is 1.20 bits per heavy atom. The van der Waals surface area contributed by atoms with Gasteiger partial charge in [0.05, 0.1) is 0 Å². The van der Waals surface area contributed by atoms with Gasteiger partial charge in [-0.1, -0.05) is 43.7 Å². The average Bonchev–Trinajstić information content (AvgIpc) is 2.43. The van der Waals surface area contributed by atoms with Crippen molar-refractivity contribution in [1.29, 1.82) is 0 Å². The summed E-state index contributed by atoms with van der Waals surface area (Å²) in [5.41, 5.74) is 1.29. The van der Waals surface area contributed by atoms with Gasteiger partial charge in [0.2, 0.25) is 5.78 Å². The van der Waals surface area contributed by atoms with Crippen molar-refractivity contribution < 1.29 is 9.72 Å². The van der Waals surface area contributed by atoms with Gasteiger partial charge in [-0.15, -0.1) is 0 Å². The van der Waals surface area contributed by atoms with Gasteiger partial charge in [-0.05, 0) is 31.2 Å². The first-order valence-electron chi connectivity index (χ1n) is 7.35. The molecule has 20 heavy (non-hydrogen) atoms. The molecule has 4 heteroatoms. The molecule has 0 fully saturated rings. The minimum absolute atomic E-state index is 0.222. The Kier molecular flexibility index (Phi) is 7.55. The summed E-state index contributed by atoms with van der Waals surface area (Å²) in [6, 6.07) is 9.20. The van der Waals surface area contributed by atoms with Crippen LogP contribution >= 0.6 is 0 Å². The summed E-state index contributed by atoms with van der Waals surface area (Å²) in [7, 11) is 0. The number of hydrogen-bond donors (Lipinski definition) is 0. The molecular formula is C16H23NO3. The standard InChI is InChI=1S/C16H23NO3/c1-2-9-16(18)15(17(19)20)13-8-4-7-12-14-10-5-3-6-11-14/h3,5-6,10-11,15H,2,4,7-9,12-13H2,1H3. The van der Waals surface area contributed by atoms with E-state index in [0.29, 0.717) is 19.3 Å². The van der Waals surface area contributed by atoms with E-state index in [1.165, 1.54) is 5.56 Å². The van der Waals surface area contributed by atoms with Crippen LogP contribution in [0.25, 0.3) is 0 Å². The van der Waals surface area contributed by atoms with Gasteiger partial charge in [0.1, 0.15) is 0 Å². The summed E-state index contributed by atoms with van der Waals surface area (Å²) < 4.78 is 0. The van der Waals surface area contributed by atoms with E-state index < -0.39 is 11.0 Å². The number of nitro groups is 1. The fourth-order valence-corrected chi connectivity index (χ4v) is 2.29. The Morgan fingerprint density at radius 2 is 1.90 bits per heavy atom. The molecule has 0 aliphatic carbocycles. The van der Waals surface area contributed by atoms with Crippen LogP contribution in [-0.4, -0.2) is 16.7 Å². The lowest BCUT2D eigenvalue weighted by atomic mass is 10.0. The number of benzene rings is 1. The second-order valence-corrected chi connectivity index (χ2v) is 5.10. The van der Waals surface area contributed by atoms with Crippen molar-refractivity contribution in [3.63, 3.8) is 0 Å². The molecule has 0 spiro atoms. The number of nitrogens with zero attached hydrogens (tertiary/aromatic N) is 1. The molecule has 1 rings (SSSR count). The quantitative estimate of drug-likeness (QED) is 0.371. The van der Waals surface area contributed by atoms with E-state index in [-0.39, 0.29) is 5.78 Å². The number of carbonyl (C=O) groups excluding carboxylic acids is 1. The molecule has 0 N–H and O–H groups in total. The van der Waals surface area contributed by atoms with Crippen LogP contribution in [0.3, 0.4) is 0 Å². The summed E-state index contributed by atoms with van der Waals surface area (Å²) in [6.07, 6.45) is 5.04. The Labute approximate surface area is 120 Å². The van der Waals surface area contributed by atoms with E-state index >= 15 is 0 Å². The maximum atomic E-state index is 11.6. The number of rotatable bonds is 10. The van der Waals surface area contributed by atoms with Crippen LogP contribution in [0, 0.1) is 10.1 Å². The van der Waals surface area contributed by atoms with E-state index in [1.807, 2.05) is 25.1 Å². The first-order chi connectivity index (χ1) is 9.65. The second kappa shape index (κ2) is 9.23. The van der Waals surface area contributed by atoms with E-state index in [9.17, 15) is 14.9 Å². The van der Waals surface area contributed by atoms with Crippen LogP contribution < -0.4 is 0 Å². The van der Waals surface area contributed by atoms with Gasteiger partial charge >= 0.3 is 0 Å². The molecule has 0 radical (unpaired) electrons. The molecule has 1 atom stereocenters. The molecule has 1 unspecified atom stereocenters. The Hall–Kier alpha value is -1.71. The van der Waals surface area contributed by atoms with E-state index in [0.717, 1.165) is 25.7 Å². The Morgan fingerprint density at radius 3 is 2.50 bits per heavy atom. The van der Waals surface area contributed by atoms with E-state index in [4.69, 9.17) is 0 Å². The third kappa shape index (κ3) is 5.95. The molecule has 1 aromatic carbocycles. The SMILES string of the molecule is CCCC(=O)C(CCCCCc1ccccc1)[N+](=O)[O-]. The lowest BCUT2D eigenvalue weighted by molar-refractivity contribution is -0.508. The van der Waals surface area contributed by atoms with Crippen molar-refractivity contribution in [3.05, 3.63) is 46.0 Å². The zero-order valence-corrected chi connectivity index (χ0v) is 12.1. The number of carbonyl (C=O) groups is 1. The Balaban J connectivity index is 2.24. The van der Waals surface area contributed by atoms with Crippen LogP contribution in [-0.2, 0) is 11.2 Å². The van der Waals surface area contributed by atoms with Gasteiger partial charge in [-0.2, -0.15) is 0 Å². The van der Waals surface area contributed by atoms with E-state index in [2.05, 4.69) is 12.1 Å². The fourth-order valence-electron chi connectivity index (χ4n) is 2.29. The monoisotopic (exact) mass is 277 g/mol. The molecule has 0 aromatic heterocycles. The summed E-state index contributed by atoms with van der Waals surface area (Å²) in [4.78, 5) is 22.1. The maximum absolute atomic E-state index is 11.6. The third-order valence-corrected chi connectivity index (χ3v) is 3.41. The molecule has 0 aliphatic heterocycles. The lowest BCUT2D eigenvalue weighted by Crippen LogP contribution is -2.29. The third-order valence-electron chi connectivity index (χ3n) is 3.41. The van der Waals surface area contributed by atoms with Crippen LogP contribution in [0.1, 0.15) is 51.0 Å². The van der Waals surface area contributed by atoms with Gasteiger partial charge in [0.15, 0.2) is 0 Å². The minimum atomic E-state index is -0.994. The average molecular weight is 277 g/mol. The van der Waals surface area contributed by atoms with Gasteiger partial charge in [0.25, 0.3) is 6.04 Å². The summed E-state index contributed by atoms with van der Waals surface area (Å²) in [5.74, 6) is -0.222. The predicted octanol–water partition coefficient (Wildman–Crippen LogP) is 3.80. The van der Waals surface area contributed by atoms with Crippen LogP contribution in [0.5, 0.6) is 0 Å². The van der Waals surface area contributed by atoms with Gasteiger partial charge in [-0.25, -0.2) is 0 Å². The molecule has 0 saturated carbocycles. The highest BCUT2D eigenvalue weighted by Gasteiger charge is 2.27. The van der Waals surface area contributed by atoms with Crippen molar-refractivity contribution in [2.24, 2.45) is 0 Å². The van der Waals surface area contributed by atoms with Crippen molar-refractivity contribution in [3.8, 4) is 0 Å². The second-order valence-electron chi connectivity index (χ2n) is 5.10. The maximum Gasteiger partial charge on any atom is 0.270 e. The van der Waals surface area contributed by atoms with Crippen molar-refractivity contribution in [1.82, 2.24) is 0 Å². The summed E-state index contributed by atoms with van der Waals surface area (Å²) >= 11 is 0. The highest BCUT2D eigenvalue weighted by atomic mass is 16.6. The minimum Gasteiger partial charge on any atom is -0.292 e. The topological polar surface area (TPSA) is 60.2 Å². The summed E-state index contributed by atoms with van der Waals surface area (Å²) in [5, 5.41) is 10.9. The molecule has 1 aromatic rings. The van der Waals surface area contributed by atoms with Crippen LogP contribution in [0.4, 0.5) is 0 Å². The highest BCUT2D eigenvalue weighted by molar-refractivity contribution is 5.82. The fraction of sp³-hybridized carbons (Fsp3) is 0.562. The number of aryl methyl sites for hydroxylation is 1. The zero-order chi connectivity index (χ0) is 14.8. The molecule has 0 saturated heterocycles. The van der Waals surface area contributed by atoms with Crippen LogP contribution in [0.15, 0.2) is 30.3 Å². The molecule has 0 heterocycles. The normalized spacial score (nSPS) is 12.1. The first-order valence-corrected chi connectivity index (χ1v) is 7.35. The number of Topliss-reactive ketones (excluding diaryl/α,β-unsaturated/α-hetero) is 1. The van der Waals surface area contributed by atoms with Crippen molar-refractivity contribution in [2.75, 3.05) is 0 Å². The van der Waals surface area contributed by atoms with Crippen molar-refractivity contribution in [2.45, 2.75) is 57.9 Å². The number of hydrogen-bond acceptors (Lipinski definition) is 3. The molecule has 0 aliphatic rings. The van der Waals surface area contributed by atoms with Gasteiger partial charge < -0.3 is 0 Å². The van der Waals surface area contributed by atoms with Gasteiger partial charge in [0, 0.05) is 17.8 Å². The van der Waals surface area contributed by atoms with Gasteiger partial charge in [-0.3, -0.25) is 14.9 Å². The number of ketones is 1. The molecular weight excluding hydrogens is 254 g/mol. The zero-order valence-electron chi connectivity index (χ0n) is 12.1. The molecule has 0 bridgehead atoms. The smallest absolute Gasteiger partial charge is 0.270 e. The number of unbranched alkanes of at least 4 members (excludes halogenated alkanes) is 2. The first kappa shape index (κ1) is 16.3. The van der Waals surface area contributed by atoms with Crippen LogP contribution in [0.2, 0.25) is 0 Å². The predicted molar refractivity (Wildman–Crippen MR) is 79.3 cm³/mol. The lowest BCUT2D eigenvalue weighted by Gasteiger charge is -2.08. The molecule has 0 amide bonds. The van der Waals surface area contributed by atoms with Crippen molar-refractivity contribution >= 4 is 5.78 Å². The highest BCUT2D eigenvalue weighted by Crippen LogP contribution is 2.12. The summed E-state index contributed by atoms with van der Waals surface area (Å²) in [6.45, 7) is 1.87. The largest absolute Gasteiger partial charge is 0.292 e. The molecule has 110 valence electrons. The van der Waals surface area contributed by atoms with E-state index in [1.54, 1.807) is 0 Å².